The molecule has 0 aliphatic rings. The molecule has 2 aromatic rings. The summed E-state index contributed by atoms with van der Waals surface area (Å²) in [7, 11) is 1.53. The Balaban J connectivity index is 1.77. The molecule has 0 spiro atoms. The third kappa shape index (κ3) is 7.27. The number of carbonyl (C=O) groups excluding carboxylic acids is 2. The van der Waals surface area contributed by atoms with E-state index in [1.165, 1.54) is 19.2 Å². The van der Waals surface area contributed by atoms with Crippen molar-refractivity contribution in [1.82, 2.24) is 0 Å². The Labute approximate surface area is 152 Å². The standard InChI is InChI=1S/C18H16F3NO5/c1-25-14-6-2-12(3-7-14)10-17(24)26-11-16(23)22-13-4-8-15(9-5-13)27-18(19,20)21/h2-9H,10-11H2,1H3,(H,22,23). The summed E-state index contributed by atoms with van der Waals surface area (Å²) in [6.07, 6.45) is -4.80. The van der Waals surface area contributed by atoms with Crippen LogP contribution < -0.4 is 14.8 Å². The van der Waals surface area contributed by atoms with E-state index < -0.39 is 30.6 Å². The number of methoxy groups -OCH3 is 1. The van der Waals surface area contributed by atoms with Gasteiger partial charge in [-0.2, -0.15) is 0 Å². The molecule has 0 aliphatic carbocycles. The van der Waals surface area contributed by atoms with Gasteiger partial charge in [-0.1, -0.05) is 12.1 Å². The van der Waals surface area contributed by atoms with Gasteiger partial charge < -0.3 is 19.5 Å². The molecule has 0 aliphatic heterocycles. The lowest BCUT2D eigenvalue weighted by molar-refractivity contribution is -0.274. The number of carbonyl (C=O) groups is 2. The number of halogens is 3. The summed E-state index contributed by atoms with van der Waals surface area (Å²) >= 11 is 0. The molecule has 0 unspecified atom stereocenters. The summed E-state index contributed by atoms with van der Waals surface area (Å²) in [4.78, 5) is 23.5. The van der Waals surface area contributed by atoms with Crippen LogP contribution in [-0.2, 0) is 20.7 Å². The van der Waals surface area contributed by atoms with E-state index in [2.05, 4.69) is 10.1 Å². The number of rotatable bonds is 7. The molecule has 0 radical (unpaired) electrons. The average molecular weight is 383 g/mol. The Morgan fingerprint density at radius 2 is 1.56 bits per heavy atom. The highest BCUT2D eigenvalue weighted by atomic mass is 19.4. The molecule has 0 fully saturated rings. The van der Waals surface area contributed by atoms with E-state index in [1.807, 2.05) is 0 Å². The van der Waals surface area contributed by atoms with Crippen LogP contribution in [0.15, 0.2) is 48.5 Å². The first kappa shape index (κ1) is 20.1. The normalized spacial score (nSPS) is 10.8. The number of hydrogen-bond acceptors (Lipinski definition) is 5. The lowest BCUT2D eigenvalue weighted by atomic mass is 10.1. The van der Waals surface area contributed by atoms with Gasteiger partial charge in [0.1, 0.15) is 11.5 Å². The molecule has 0 saturated carbocycles. The van der Waals surface area contributed by atoms with Crippen LogP contribution in [0.5, 0.6) is 11.5 Å². The highest BCUT2D eigenvalue weighted by Gasteiger charge is 2.30. The summed E-state index contributed by atoms with van der Waals surface area (Å²) in [6.45, 7) is -0.518. The molecule has 0 atom stereocenters. The van der Waals surface area contributed by atoms with Gasteiger partial charge in [0.2, 0.25) is 0 Å². The van der Waals surface area contributed by atoms with E-state index in [1.54, 1.807) is 24.3 Å². The van der Waals surface area contributed by atoms with Gasteiger partial charge in [0.15, 0.2) is 6.61 Å². The summed E-state index contributed by atoms with van der Waals surface area (Å²) < 4.78 is 49.8. The first-order valence-corrected chi connectivity index (χ1v) is 7.69. The van der Waals surface area contributed by atoms with Crippen LogP contribution in [0.4, 0.5) is 18.9 Å². The molecule has 2 rings (SSSR count). The molecule has 1 N–H and O–H groups in total. The van der Waals surface area contributed by atoms with Crippen LogP contribution in [0.3, 0.4) is 0 Å². The number of benzene rings is 2. The van der Waals surface area contributed by atoms with Crippen LogP contribution in [0.2, 0.25) is 0 Å². The second-order valence-corrected chi connectivity index (χ2v) is 5.31. The minimum Gasteiger partial charge on any atom is -0.497 e. The zero-order valence-electron chi connectivity index (χ0n) is 14.2. The number of ether oxygens (including phenoxy) is 3. The van der Waals surface area contributed by atoms with Crippen molar-refractivity contribution in [3.05, 3.63) is 54.1 Å². The fraction of sp³-hybridized carbons (Fsp3) is 0.222. The topological polar surface area (TPSA) is 73.9 Å². The van der Waals surface area contributed by atoms with E-state index in [0.717, 1.165) is 12.1 Å². The van der Waals surface area contributed by atoms with Crippen molar-refractivity contribution in [2.45, 2.75) is 12.8 Å². The third-order valence-electron chi connectivity index (χ3n) is 3.24. The van der Waals surface area contributed by atoms with E-state index in [0.29, 0.717) is 11.3 Å². The molecule has 27 heavy (non-hydrogen) atoms. The number of nitrogens with one attached hydrogen (secondary N) is 1. The Morgan fingerprint density at radius 3 is 2.11 bits per heavy atom. The van der Waals surface area contributed by atoms with Gasteiger partial charge in [0, 0.05) is 5.69 Å². The molecule has 9 heteroatoms. The Bertz CT molecular complexity index is 773. The molecule has 0 aromatic heterocycles. The SMILES string of the molecule is COc1ccc(CC(=O)OCC(=O)Nc2ccc(OC(F)(F)F)cc2)cc1. The maximum Gasteiger partial charge on any atom is 0.573 e. The number of amides is 1. The van der Waals surface area contributed by atoms with Crippen molar-refractivity contribution in [2.75, 3.05) is 19.0 Å². The first-order valence-electron chi connectivity index (χ1n) is 7.69. The minimum atomic E-state index is -4.79. The Hall–Kier alpha value is -3.23. The molecular formula is C18H16F3NO5. The number of hydrogen-bond donors (Lipinski definition) is 1. The fourth-order valence-corrected chi connectivity index (χ4v) is 2.04. The first-order chi connectivity index (χ1) is 12.7. The largest absolute Gasteiger partial charge is 0.573 e. The van der Waals surface area contributed by atoms with Gasteiger partial charge in [-0.15, -0.1) is 13.2 Å². The molecule has 6 nitrogen and oxygen atoms in total. The second-order valence-electron chi connectivity index (χ2n) is 5.31. The van der Waals surface area contributed by atoms with E-state index in [9.17, 15) is 22.8 Å². The Morgan fingerprint density at radius 1 is 0.963 bits per heavy atom. The van der Waals surface area contributed by atoms with Gasteiger partial charge in [0.05, 0.1) is 13.5 Å². The molecule has 1 amide bonds. The molecule has 0 bridgehead atoms. The maximum absolute atomic E-state index is 12.1. The average Bonchev–Trinajstić information content (AvgIpc) is 2.61. The van der Waals surface area contributed by atoms with Gasteiger partial charge in [-0.3, -0.25) is 9.59 Å². The van der Waals surface area contributed by atoms with Gasteiger partial charge in [-0.05, 0) is 42.0 Å². The second kappa shape index (κ2) is 8.93. The smallest absolute Gasteiger partial charge is 0.497 e. The summed E-state index contributed by atoms with van der Waals surface area (Å²) in [5.74, 6) is -0.976. The molecule has 144 valence electrons. The summed E-state index contributed by atoms with van der Waals surface area (Å²) in [5, 5.41) is 2.40. The number of alkyl halides is 3. The van der Waals surface area contributed by atoms with Crippen LogP contribution in [-0.4, -0.2) is 32.0 Å². The van der Waals surface area contributed by atoms with Crippen molar-refractivity contribution >= 4 is 17.6 Å². The number of anilines is 1. The highest BCUT2D eigenvalue weighted by Crippen LogP contribution is 2.23. The van der Waals surface area contributed by atoms with E-state index >= 15 is 0 Å². The van der Waals surface area contributed by atoms with Crippen LogP contribution >= 0.6 is 0 Å². The maximum atomic E-state index is 12.1. The monoisotopic (exact) mass is 383 g/mol. The third-order valence-corrected chi connectivity index (χ3v) is 3.24. The Kier molecular flexibility index (Phi) is 6.64. The van der Waals surface area contributed by atoms with Gasteiger partial charge in [0.25, 0.3) is 5.91 Å². The van der Waals surface area contributed by atoms with E-state index in [4.69, 9.17) is 9.47 Å². The lowest BCUT2D eigenvalue weighted by Gasteiger charge is -2.10. The zero-order valence-corrected chi connectivity index (χ0v) is 14.2. The predicted octanol–water partition coefficient (Wildman–Crippen LogP) is 3.32. The quantitative estimate of drug-likeness (QED) is 0.743. The lowest BCUT2D eigenvalue weighted by Crippen LogP contribution is -2.21. The van der Waals surface area contributed by atoms with Crippen LogP contribution in [0.25, 0.3) is 0 Å². The van der Waals surface area contributed by atoms with Crippen molar-refractivity contribution in [3.63, 3.8) is 0 Å². The summed E-state index contributed by atoms with van der Waals surface area (Å²) in [6, 6.07) is 11.4. The number of esters is 1. The molecule has 2 aromatic carbocycles. The summed E-state index contributed by atoms with van der Waals surface area (Å²) in [5.41, 5.74) is 0.933. The molecular weight excluding hydrogens is 367 g/mol. The fourth-order valence-electron chi connectivity index (χ4n) is 2.04. The van der Waals surface area contributed by atoms with Crippen molar-refractivity contribution in [3.8, 4) is 11.5 Å². The predicted molar refractivity (Wildman–Crippen MR) is 89.4 cm³/mol. The highest BCUT2D eigenvalue weighted by molar-refractivity contribution is 5.92. The van der Waals surface area contributed by atoms with Gasteiger partial charge in [-0.25, -0.2) is 0 Å². The van der Waals surface area contributed by atoms with Crippen molar-refractivity contribution < 1.29 is 37.0 Å². The van der Waals surface area contributed by atoms with Crippen LogP contribution in [0, 0.1) is 0 Å². The van der Waals surface area contributed by atoms with Crippen molar-refractivity contribution in [2.24, 2.45) is 0 Å². The molecule has 0 heterocycles. The zero-order chi connectivity index (χ0) is 19.9. The van der Waals surface area contributed by atoms with E-state index in [-0.39, 0.29) is 12.1 Å². The minimum absolute atomic E-state index is 0.0131. The van der Waals surface area contributed by atoms with Crippen molar-refractivity contribution in [1.29, 1.82) is 0 Å². The van der Waals surface area contributed by atoms with Crippen LogP contribution in [0.1, 0.15) is 5.56 Å². The molecule has 0 saturated heterocycles. The van der Waals surface area contributed by atoms with Gasteiger partial charge >= 0.3 is 12.3 Å².